The highest BCUT2D eigenvalue weighted by atomic mass is 32.2. The first-order valence-electron chi connectivity index (χ1n) is 10.5. The first kappa shape index (κ1) is 20.6. The van der Waals surface area contributed by atoms with Crippen molar-refractivity contribution in [1.82, 2.24) is 19.6 Å². The zero-order chi connectivity index (χ0) is 22.1. The molecule has 2 aromatic heterocycles. The number of hydrogen-bond donors (Lipinski definition) is 2. The van der Waals surface area contributed by atoms with Gasteiger partial charge in [0.2, 0.25) is 0 Å². The van der Waals surface area contributed by atoms with Crippen LogP contribution in [0.5, 0.6) is 0 Å². The SMILES string of the molecule is O=c1c2cc(NCCO)c(S(=O)c3ccccc3)cc2cnn1Cc1ccn(C2CC2)n1. The van der Waals surface area contributed by atoms with E-state index in [1.54, 1.807) is 30.5 Å². The topological polar surface area (TPSA) is 102 Å². The molecule has 2 heterocycles. The number of anilines is 1. The second kappa shape index (κ2) is 8.68. The molecule has 2 N–H and O–H groups in total. The summed E-state index contributed by atoms with van der Waals surface area (Å²) in [6, 6.07) is 15.0. The Labute approximate surface area is 187 Å². The van der Waals surface area contributed by atoms with Crippen LogP contribution in [0.2, 0.25) is 0 Å². The number of aliphatic hydroxyl groups is 1. The van der Waals surface area contributed by atoms with E-state index in [1.807, 2.05) is 35.1 Å². The van der Waals surface area contributed by atoms with E-state index in [0.29, 0.717) is 32.3 Å². The Balaban J connectivity index is 1.53. The third-order valence-electron chi connectivity index (χ3n) is 5.43. The average Bonchev–Trinajstić information content (AvgIpc) is 3.58. The van der Waals surface area contributed by atoms with Gasteiger partial charge in [0, 0.05) is 23.0 Å². The van der Waals surface area contributed by atoms with Crippen LogP contribution < -0.4 is 10.9 Å². The number of aromatic nitrogens is 4. The maximum Gasteiger partial charge on any atom is 0.275 e. The van der Waals surface area contributed by atoms with Crippen LogP contribution in [0.4, 0.5) is 5.69 Å². The molecule has 5 rings (SSSR count). The van der Waals surface area contributed by atoms with Gasteiger partial charge in [-0.2, -0.15) is 10.2 Å². The zero-order valence-electron chi connectivity index (χ0n) is 17.3. The molecule has 32 heavy (non-hydrogen) atoms. The van der Waals surface area contributed by atoms with Crippen LogP contribution in [-0.2, 0) is 17.3 Å². The monoisotopic (exact) mass is 449 g/mol. The van der Waals surface area contributed by atoms with Gasteiger partial charge in [-0.3, -0.25) is 9.48 Å². The molecule has 0 spiro atoms. The van der Waals surface area contributed by atoms with E-state index < -0.39 is 10.8 Å². The van der Waals surface area contributed by atoms with Crippen LogP contribution in [0.15, 0.2) is 75.5 Å². The molecule has 1 aliphatic rings. The average molecular weight is 450 g/mol. The van der Waals surface area contributed by atoms with Gasteiger partial charge < -0.3 is 10.4 Å². The number of fused-ring (bicyclic) bond motifs is 1. The van der Waals surface area contributed by atoms with Crippen LogP contribution in [0, 0.1) is 0 Å². The molecule has 0 saturated heterocycles. The van der Waals surface area contributed by atoms with Crippen LogP contribution >= 0.6 is 0 Å². The van der Waals surface area contributed by atoms with Crippen LogP contribution in [0.25, 0.3) is 10.8 Å². The summed E-state index contributed by atoms with van der Waals surface area (Å²) in [7, 11) is -1.45. The quantitative estimate of drug-likeness (QED) is 0.429. The molecule has 1 aliphatic carbocycles. The second-order valence-electron chi connectivity index (χ2n) is 7.79. The van der Waals surface area contributed by atoms with E-state index in [4.69, 9.17) is 0 Å². The predicted molar refractivity (Wildman–Crippen MR) is 122 cm³/mol. The fourth-order valence-corrected chi connectivity index (χ4v) is 4.86. The molecule has 9 heteroatoms. The highest BCUT2D eigenvalue weighted by Gasteiger charge is 2.24. The summed E-state index contributed by atoms with van der Waals surface area (Å²) in [4.78, 5) is 14.4. The lowest BCUT2D eigenvalue weighted by Gasteiger charge is -2.13. The summed E-state index contributed by atoms with van der Waals surface area (Å²) < 4.78 is 16.6. The van der Waals surface area contributed by atoms with Gasteiger partial charge in [0.25, 0.3) is 5.56 Å². The van der Waals surface area contributed by atoms with E-state index in [1.165, 1.54) is 4.68 Å². The molecular weight excluding hydrogens is 426 g/mol. The first-order chi connectivity index (χ1) is 15.6. The Bertz CT molecular complexity index is 1350. The maximum atomic E-state index is 13.2. The molecular formula is C23H23N5O3S. The maximum absolute atomic E-state index is 13.2. The minimum absolute atomic E-state index is 0.0837. The van der Waals surface area contributed by atoms with Crippen molar-refractivity contribution in [3.05, 3.63) is 77.0 Å². The normalized spacial score (nSPS) is 14.5. The second-order valence-corrected chi connectivity index (χ2v) is 9.24. The van der Waals surface area contributed by atoms with E-state index in [-0.39, 0.29) is 25.3 Å². The molecule has 0 radical (unpaired) electrons. The van der Waals surface area contributed by atoms with Crippen molar-refractivity contribution < 1.29 is 9.32 Å². The fourth-order valence-electron chi connectivity index (χ4n) is 3.63. The van der Waals surface area contributed by atoms with Gasteiger partial charge in [-0.25, -0.2) is 8.89 Å². The Morgan fingerprint density at radius 2 is 1.97 bits per heavy atom. The first-order valence-corrected chi connectivity index (χ1v) is 11.7. The van der Waals surface area contributed by atoms with E-state index in [9.17, 15) is 14.1 Å². The van der Waals surface area contributed by atoms with Crippen molar-refractivity contribution in [2.75, 3.05) is 18.5 Å². The number of nitrogens with zero attached hydrogens (tertiary/aromatic N) is 4. The van der Waals surface area contributed by atoms with E-state index >= 15 is 0 Å². The van der Waals surface area contributed by atoms with Gasteiger partial charge in [0.1, 0.15) is 0 Å². The van der Waals surface area contributed by atoms with Gasteiger partial charge in [0.15, 0.2) is 0 Å². The molecule has 0 amide bonds. The van der Waals surface area contributed by atoms with Crippen molar-refractivity contribution in [2.24, 2.45) is 0 Å². The standard InChI is InChI=1S/C23H23N5O3S/c29-11-9-24-21-13-20-16(12-22(21)32(31)19-4-2-1-3-5-19)14-25-28(23(20)30)15-17-8-10-27(26-17)18-6-7-18/h1-5,8,10,12-14,18,24,29H,6-7,9,11,15H2. The van der Waals surface area contributed by atoms with Crippen molar-refractivity contribution in [1.29, 1.82) is 0 Å². The van der Waals surface area contributed by atoms with E-state index in [2.05, 4.69) is 15.5 Å². The largest absolute Gasteiger partial charge is 0.395 e. The lowest BCUT2D eigenvalue weighted by atomic mass is 10.1. The number of aliphatic hydroxyl groups excluding tert-OH is 1. The molecule has 0 aliphatic heterocycles. The number of rotatable bonds is 8. The number of hydrogen-bond acceptors (Lipinski definition) is 6. The number of benzene rings is 2. The third-order valence-corrected chi connectivity index (χ3v) is 6.87. The summed E-state index contributed by atoms with van der Waals surface area (Å²) in [5, 5.41) is 22.3. The minimum atomic E-state index is -1.45. The molecule has 8 nitrogen and oxygen atoms in total. The highest BCUT2D eigenvalue weighted by molar-refractivity contribution is 7.85. The van der Waals surface area contributed by atoms with Gasteiger partial charge >= 0.3 is 0 Å². The third kappa shape index (κ3) is 4.09. The Morgan fingerprint density at radius 3 is 2.72 bits per heavy atom. The van der Waals surface area contributed by atoms with Gasteiger partial charge in [-0.15, -0.1) is 0 Å². The molecule has 2 aromatic carbocycles. The molecule has 1 fully saturated rings. The van der Waals surface area contributed by atoms with Crippen molar-refractivity contribution in [3.8, 4) is 0 Å². The summed E-state index contributed by atoms with van der Waals surface area (Å²) in [6.45, 7) is 0.480. The van der Waals surface area contributed by atoms with Gasteiger partial charge in [-0.05, 0) is 43.2 Å². The van der Waals surface area contributed by atoms with Crippen molar-refractivity contribution in [3.63, 3.8) is 0 Å². The Hall–Kier alpha value is -3.30. The van der Waals surface area contributed by atoms with E-state index in [0.717, 1.165) is 18.5 Å². The molecule has 1 atom stereocenters. The van der Waals surface area contributed by atoms with Crippen molar-refractivity contribution in [2.45, 2.75) is 35.2 Å². The van der Waals surface area contributed by atoms with Gasteiger partial charge in [-0.1, -0.05) is 18.2 Å². The fraction of sp³-hybridized carbons (Fsp3) is 0.261. The smallest absolute Gasteiger partial charge is 0.275 e. The van der Waals surface area contributed by atoms with Crippen LogP contribution in [-0.4, -0.2) is 42.0 Å². The Morgan fingerprint density at radius 1 is 1.16 bits per heavy atom. The lowest BCUT2D eigenvalue weighted by Crippen LogP contribution is -2.24. The Kier molecular flexibility index (Phi) is 5.59. The molecule has 1 saturated carbocycles. The van der Waals surface area contributed by atoms with Crippen molar-refractivity contribution >= 4 is 27.3 Å². The molecule has 1 unspecified atom stereocenters. The summed E-state index contributed by atoms with van der Waals surface area (Å²) in [5.74, 6) is 0. The van der Waals surface area contributed by atoms with Crippen LogP contribution in [0.3, 0.4) is 0 Å². The molecule has 4 aromatic rings. The molecule has 0 bridgehead atoms. The highest BCUT2D eigenvalue weighted by Crippen LogP contribution is 2.34. The predicted octanol–water partition coefficient (Wildman–Crippen LogP) is 2.55. The minimum Gasteiger partial charge on any atom is -0.395 e. The molecule has 164 valence electrons. The van der Waals surface area contributed by atoms with Gasteiger partial charge in [0.05, 0.1) is 57.9 Å². The lowest BCUT2D eigenvalue weighted by molar-refractivity contribution is 0.311. The van der Waals surface area contributed by atoms with Crippen LogP contribution in [0.1, 0.15) is 24.6 Å². The summed E-state index contributed by atoms with van der Waals surface area (Å²) in [5.41, 5.74) is 1.10. The summed E-state index contributed by atoms with van der Waals surface area (Å²) >= 11 is 0. The number of nitrogens with one attached hydrogen (secondary N) is 1. The zero-order valence-corrected chi connectivity index (χ0v) is 18.2. The summed E-state index contributed by atoms with van der Waals surface area (Å²) in [6.07, 6.45) is 5.86.